The van der Waals surface area contributed by atoms with Gasteiger partial charge < -0.3 is 14.4 Å². The molecule has 0 spiro atoms. The Kier molecular flexibility index (Phi) is 5.82. The Labute approximate surface area is 135 Å². The van der Waals surface area contributed by atoms with E-state index >= 15 is 0 Å². The molecule has 2 rings (SSSR count). The minimum absolute atomic E-state index is 0.275. The van der Waals surface area contributed by atoms with Gasteiger partial charge in [-0.05, 0) is 37.1 Å². The van der Waals surface area contributed by atoms with Gasteiger partial charge in [-0.2, -0.15) is 0 Å². The van der Waals surface area contributed by atoms with Gasteiger partial charge in [0, 0.05) is 37.5 Å². The second kappa shape index (κ2) is 7.62. The molecule has 0 heterocycles. The van der Waals surface area contributed by atoms with Crippen LogP contribution >= 0.6 is 8.58 Å². The average molecular weight is 317 g/mol. The fraction of sp³-hybridized carbons (Fsp3) is 0.333. The lowest BCUT2D eigenvalue weighted by molar-refractivity contribution is 0.0514. The first-order valence-electron chi connectivity index (χ1n) is 7.29. The molecule has 4 heteroatoms. The van der Waals surface area contributed by atoms with Crippen molar-refractivity contribution in [1.82, 2.24) is 0 Å². The van der Waals surface area contributed by atoms with E-state index in [0.29, 0.717) is 8.58 Å². The molecule has 0 N–H and O–H groups in total. The van der Waals surface area contributed by atoms with Crippen LogP contribution in [-0.2, 0) is 4.74 Å². The second-order valence-corrected chi connectivity index (χ2v) is 6.87. The molecule has 0 radical (unpaired) electrons. The Morgan fingerprint density at radius 3 is 2.45 bits per heavy atom. The quantitative estimate of drug-likeness (QED) is 0.604. The van der Waals surface area contributed by atoms with Crippen LogP contribution in [0.1, 0.15) is 11.1 Å². The zero-order valence-electron chi connectivity index (χ0n) is 13.9. The average Bonchev–Trinajstić information content (AvgIpc) is 2.46. The van der Waals surface area contributed by atoms with Crippen molar-refractivity contribution >= 4 is 24.9 Å². The third-order valence-corrected chi connectivity index (χ3v) is 4.73. The lowest BCUT2D eigenvalue weighted by Gasteiger charge is -2.19. The van der Waals surface area contributed by atoms with Gasteiger partial charge in [-0.15, -0.1) is 0 Å². The van der Waals surface area contributed by atoms with E-state index in [1.807, 2.05) is 0 Å². The maximum Gasteiger partial charge on any atom is 0.188 e. The largest absolute Gasteiger partial charge is 0.467 e. The summed E-state index contributed by atoms with van der Waals surface area (Å²) in [5, 5.41) is 2.55. The van der Waals surface area contributed by atoms with E-state index in [1.54, 1.807) is 7.11 Å². The molecule has 0 aromatic heterocycles. The Morgan fingerprint density at radius 1 is 1.05 bits per heavy atom. The topological polar surface area (TPSA) is 21.7 Å². The van der Waals surface area contributed by atoms with Crippen LogP contribution in [0, 0.1) is 13.8 Å². The van der Waals surface area contributed by atoms with Crippen LogP contribution in [0.4, 0.5) is 5.69 Å². The van der Waals surface area contributed by atoms with Crippen molar-refractivity contribution in [3.8, 4) is 5.75 Å². The van der Waals surface area contributed by atoms with E-state index in [9.17, 15) is 0 Å². The highest BCUT2D eigenvalue weighted by molar-refractivity contribution is 7.56. The minimum Gasteiger partial charge on any atom is -0.467 e. The van der Waals surface area contributed by atoms with Gasteiger partial charge >= 0.3 is 0 Å². The SMILES string of the molecule is COCOc1c(C)cc(C)cc1Pc1ccccc1N(C)C. The molecule has 0 amide bonds. The maximum absolute atomic E-state index is 5.82. The van der Waals surface area contributed by atoms with Crippen molar-refractivity contribution < 1.29 is 9.47 Å². The van der Waals surface area contributed by atoms with Crippen LogP contribution in [0.3, 0.4) is 0 Å². The van der Waals surface area contributed by atoms with Crippen LogP contribution in [-0.4, -0.2) is 28.0 Å². The summed E-state index contributed by atoms with van der Waals surface area (Å²) in [6, 6.07) is 12.9. The summed E-state index contributed by atoms with van der Waals surface area (Å²) >= 11 is 0. The second-order valence-electron chi connectivity index (χ2n) is 5.55. The zero-order valence-corrected chi connectivity index (χ0v) is 14.9. The van der Waals surface area contributed by atoms with Gasteiger partial charge in [0.2, 0.25) is 0 Å². The number of hydrogen-bond acceptors (Lipinski definition) is 3. The molecule has 0 fully saturated rings. The van der Waals surface area contributed by atoms with Crippen molar-refractivity contribution in [2.75, 3.05) is 32.9 Å². The highest BCUT2D eigenvalue weighted by Crippen LogP contribution is 2.27. The summed E-state index contributed by atoms with van der Waals surface area (Å²) in [7, 11) is 6.35. The Hall–Kier alpha value is -1.57. The van der Waals surface area contributed by atoms with Crippen molar-refractivity contribution in [2.45, 2.75) is 13.8 Å². The van der Waals surface area contributed by atoms with Gasteiger partial charge in [0.15, 0.2) is 6.79 Å². The molecule has 0 aliphatic carbocycles. The molecular formula is C18H24NO2P. The van der Waals surface area contributed by atoms with Crippen LogP contribution in [0.15, 0.2) is 36.4 Å². The van der Waals surface area contributed by atoms with E-state index < -0.39 is 0 Å². The Morgan fingerprint density at radius 2 is 1.77 bits per heavy atom. The standard InChI is InChI=1S/C18H24NO2P/c1-13-10-14(2)18(21-12-20-5)17(11-13)22-16-9-7-6-8-15(16)19(3)4/h6-11,22H,12H2,1-5H3. The lowest BCUT2D eigenvalue weighted by Crippen LogP contribution is -2.19. The van der Waals surface area contributed by atoms with Crippen molar-refractivity contribution in [3.05, 3.63) is 47.5 Å². The molecule has 2 aromatic rings. The predicted octanol–water partition coefficient (Wildman–Crippen LogP) is 2.98. The number of ether oxygens (including phenoxy) is 2. The number of benzene rings is 2. The predicted molar refractivity (Wildman–Crippen MR) is 96.8 cm³/mol. The number of methoxy groups -OCH3 is 1. The first-order valence-corrected chi connectivity index (χ1v) is 8.29. The van der Waals surface area contributed by atoms with Crippen LogP contribution in [0.5, 0.6) is 5.75 Å². The summed E-state index contributed by atoms with van der Waals surface area (Å²) in [5.74, 6) is 0.944. The molecule has 0 saturated heterocycles. The van der Waals surface area contributed by atoms with E-state index in [0.717, 1.165) is 11.3 Å². The van der Waals surface area contributed by atoms with Crippen LogP contribution in [0.2, 0.25) is 0 Å². The minimum atomic E-state index is 0.275. The summed E-state index contributed by atoms with van der Waals surface area (Å²) in [4.78, 5) is 2.15. The van der Waals surface area contributed by atoms with Crippen molar-refractivity contribution in [3.63, 3.8) is 0 Å². The molecule has 22 heavy (non-hydrogen) atoms. The number of anilines is 1. The number of hydrogen-bond donors (Lipinski definition) is 0. The van der Waals surface area contributed by atoms with Gasteiger partial charge in [0.1, 0.15) is 5.75 Å². The summed E-state index contributed by atoms with van der Waals surface area (Å²) in [5.41, 5.74) is 3.66. The number of para-hydroxylation sites is 1. The molecule has 0 saturated carbocycles. The first-order chi connectivity index (χ1) is 10.5. The van der Waals surface area contributed by atoms with Crippen LogP contribution < -0.4 is 20.2 Å². The van der Waals surface area contributed by atoms with Gasteiger partial charge in [-0.25, -0.2) is 0 Å². The van der Waals surface area contributed by atoms with Gasteiger partial charge in [0.05, 0.1) is 0 Å². The fourth-order valence-electron chi connectivity index (χ4n) is 2.47. The first kappa shape index (κ1) is 16.8. The van der Waals surface area contributed by atoms with Gasteiger partial charge in [-0.3, -0.25) is 0 Å². The fourth-order valence-corrected chi connectivity index (χ4v) is 4.06. The highest BCUT2D eigenvalue weighted by Gasteiger charge is 2.12. The molecule has 1 unspecified atom stereocenters. The van der Waals surface area contributed by atoms with E-state index in [1.165, 1.54) is 21.9 Å². The summed E-state index contributed by atoms with van der Waals surface area (Å²) in [6.45, 7) is 4.49. The van der Waals surface area contributed by atoms with Crippen molar-refractivity contribution in [2.24, 2.45) is 0 Å². The monoisotopic (exact) mass is 317 g/mol. The molecule has 118 valence electrons. The Bertz CT molecular complexity index is 641. The van der Waals surface area contributed by atoms with Gasteiger partial charge in [-0.1, -0.05) is 32.8 Å². The summed E-state index contributed by atoms with van der Waals surface area (Å²) in [6.07, 6.45) is 0. The molecule has 0 bridgehead atoms. The third kappa shape index (κ3) is 4.00. The van der Waals surface area contributed by atoms with E-state index in [4.69, 9.17) is 9.47 Å². The molecule has 1 atom stereocenters. The molecule has 0 aliphatic heterocycles. The summed E-state index contributed by atoms with van der Waals surface area (Å²) < 4.78 is 10.9. The molecule has 3 nitrogen and oxygen atoms in total. The number of aryl methyl sites for hydroxylation is 2. The number of nitrogens with zero attached hydrogens (tertiary/aromatic N) is 1. The smallest absolute Gasteiger partial charge is 0.188 e. The molecule has 2 aromatic carbocycles. The highest BCUT2D eigenvalue weighted by atomic mass is 31.1. The van der Waals surface area contributed by atoms with Crippen LogP contribution in [0.25, 0.3) is 0 Å². The van der Waals surface area contributed by atoms with Gasteiger partial charge in [0.25, 0.3) is 0 Å². The van der Waals surface area contributed by atoms with E-state index in [-0.39, 0.29) is 6.79 Å². The Balaban J connectivity index is 2.40. The third-order valence-electron chi connectivity index (χ3n) is 3.40. The molecular weight excluding hydrogens is 293 g/mol. The van der Waals surface area contributed by atoms with E-state index in [2.05, 4.69) is 69.2 Å². The zero-order chi connectivity index (χ0) is 16.1. The maximum atomic E-state index is 5.82. The normalized spacial score (nSPS) is 11.1. The molecule has 0 aliphatic rings. The lowest BCUT2D eigenvalue weighted by atomic mass is 10.1. The number of rotatable bonds is 6. The van der Waals surface area contributed by atoms with Crippen molar-refractivity contribution in [1.29, 1.82) is 0 Å².